The molecule has 1 unspecified atom stereocenters. The second kappa shape index (κ2) is 5.21. The average molecular weight is 260 g/mol. The average Bonchev–Trinajstić information content (AvgIpc) is 2.47. The molecule has 0 aromatic heterocycles. The van der Waals surface area contributed by atoms with Crippen LogP contribution in [0.25, 0.3) is 0 Å². The van der Waals surface area contributed by atoms with Gasteiger partial charge >= 0.3 is 5.97 Å². The monoisotopic (exact) mass is 260 g/mol. The molecular weight excluding hydrogens is 240 g/mol. The summed E-state index contributed by atoms with van der Waals surface area (Å²) in [7, 11) is 0. The number of anilines is 1. The maximum atomic E-state index is 11.0. The predicted molar refractivity (Wildman–Crippen MR) is 74.8 cm³/mol. The first-order chi connectivity index (χ1) is 9.24. The van der Waals surface area contributed by atoms with Crippen molar-refractivity contribution >= 4 is 11.7 Å². The van der Waals surface area contributed by atoms with E-state index < -0.39 is 5.97 Å². The molecule has 1 aromatic carbocycles. The van der Waals surface area contributed by atoms with Crippen LogP contribution in [0.3, 0.4) is 0 Å². The van der Waals surface area contributed by atoms with Gasteiger partial charge in [0.25, 0.3) is 0 Å². The largest absolute Gasteiger partial charge is 0.478 e. The Labute approximate surface area is 113 Å². The van der Waals surface area contributed by atoms with Gasteiger partial charge in [-0.15, -0.1) is 0 Å². The number of fused-ring (bicyclic) bond motifs is 1. The molecule has 2 saturated heterocycles. The predicted octanol–water partition coefficient (Wildman–Crippen LogP) is 2.06. The van der Waals surface area contributed by atoms with Crippen molar-refractivity contribution in [3.05, 3.63) is 29.8 Å². The number of carbonyl (C=O) groups is 1. The first-order valence-corrected chi connectivity index (χ1v) is 7.06. The van der Waals surface area contributed by atoms with Crippen LogP contribution >= 0.6 is 0 Å². The molecule has 19 heavy (non-hydrogen) atoms. The van der Waals surface area contributed by atoms with Crippen molar-refractivity contribution in [2.24, 2.45) is 0 Å². The maximum absolute atomic E-state index is 11.0. The van der Waals surface area contributed by atoms with Crippen LogP contribution in [-0.4, -0.2) is 48.2 Å². The fourth-order valence-corrected chi connectivity index (χ4v) is 3.23. The van der Waals surface area contributed by atoms with Gasteiger partial charge < -0.3 is 10.0 Å². The van der Waals surface area contributed by atoms with Crippen LogP contribution in [0.2, 0.25) is 0 Å². The van der Waals surface area contributed by atoms with E-state index in [1.807, 2.05) is 12.1 Å². The summed E-state index contributed by atoms with van der Waals surface area (Å²) in [4.78, 5) is 16.0. The molecule has 4 nitrogen and oxygen atoms in total. The molecular formula is C15H20N2O2. The van der Waals surface area contributed by atoms with Crippen molar-refractivity contribution in [1.29, 1.82) is 0 Å². The molecule has 1 atom stereocenters. The van der Waals surface area contributed by atoms with Gasteiger partial charge in [-0.1, -0.05) is 12.5 Å². The summed E-state index contributed by atoms with van der Waals surface area (Å²) in [6, 6.07) is 7.96. The van der Waals surface area contributed by atoms with E-state index in [4.69, 9.17) is 5.11 Å². The summed E-state index contributed by atoms with van der Waals surface area (Å²) < 4.78 is 0. The van der Waals surface area contributed by atoms with Crippen LogP contribution in [0.4, 0.5) is 5.69 Å². The SMILES string of the molecule is O=C(O)c1cccc(N2CCN3CCCCC3C2)c1. The third kappa shape index (κ3) is 2.59. The summed E-state index contributed by atoms with van der Waals surface area (Å²) in [6.07, 6.45) is 3.92. The quantitative estimate of drug-likeness (QED) is 0.884. The van der Waals surface area contributed by atoms with E-state index in [-0.39, 0.29) is 0 Å². The molecule has 0 spiro atoms. The van der Waals surface area contributed by atoms with Gasteiger partial charge in [0.1, 0.15) is 0 Å². The van der Waals surface area contributed by atoms with E-state index in [1.54, 1.807) is 12.1 Å². The minimum Gasteiger partial charge on any atom is -0.478 e. The van der Waals surface area contributed by atoms with Gasteiger partial charge in [-0.2, -0.15) is 0 Å². The number of nitrogens with zero attached hydrogens (tertiary/aromatic N) is 2. The van der Waals surface area contributed by atoms with E-state index in [0.29, 0.717) is 11.6 Å². The van der Waals surface area contributed by atoms with Crippen LogP contribution in [0.5, 0.6) is 0 Å². The third-order valence-electron chi connectivity index (χ3n) is 4.30. The molecule has 2 heterocycles. The lowest BCUT2D eigenvalue weighted by Crippen LogP contribution is -2.54. The van der Waals surface area contributed by atoms with Crippen LogP contribution in [0, 0.1) is 0 Å². The molecule has 0 radical (unpaired) electrons. The molecule has 0 amide bonds. The Hall–Kier alpha value is -1.55. The van der Waals surface area contributed by atoms with E-state index in [2.05, 4.69) is 9.80 Å². The molecule has 1 aromatic rings. The van der Waals surface area contributed by atoms with Gasteiger partial charge in [-0.05, 0) is 37.6 Å². The van der Waals surface area contributed by atoms with Crippen molar-refractivity contribution in [3.63, 3.8) is 0 Å². The molecule has 0 saturated carbocycles. The summed E-state index contributed by atoms with van der Waals surface area (Å²) in [5, 5.41) is 9.07. The Morgan fingerprint density at radius 2 is 2.11 bits per heavy atom. The highest BCUT2D eigenvalue weighted by Gasteiger charge is 2.28. The molecule has 4 heteroatoms. The van der Waals surface area contributed by atoms with E-state index in [1.165, 1.54) is 25.8 Å². The molecule has 0 bridgehead atoms. The number of carboxylic acid groups (broad SMARTS) is 1. The Balaban J connectivity index is 1.75. The first-order valence-electron chi connectivity index (χ1n) is 7.06. The number of carboxylic acids is 1. The second-order valence-electron chi connectivity index (χ2n) is 5.49. The summed E-state index contributed by atoms with van der Waals surface area (Å²) >= 11 is 0. The van der Waals surface area contributed by atoms with Gasteiger partial charge in [0, 0.05) is 31.4 Å². The summed E-state index contributed by atoms with van der Waals surface area (Å²) in [5.41, 5.74) is 1.42. The lowest BCUT2D eigenvalue weighted by Gasteiger charge is -2.45. The highest BCUT2D eigenvalue weighted by atomic mass is 16.4. The molecule has 3 rings (SSSR count). The number of hydrogen-bond donors (Lipinski definition) is 1. The zero-order valence-corrected chi connectivity index (χ0v) is 11.1. The Morgan fingerprint density at radius 1 is 1.21 bits per heavy atom. The second-order valence-corrected chi connectivity index (χ2v) is 5.49. The lowest BCUT2D eigenvalue weighted by molar-refractivity contribution is 0.0697. The number of rotatable bonds is 2. The highest BCUT2D eigenvalue weighted by Crippen LogP contribution is 2.25. The lowest BCUT2D eigenvalue weighted by atomic mass is 9.99. The molecule has 1 N–H and O–H groups in total. The van der Waals surface area contributed by atoms with Crippen molar-refractivity contribution in [2.45, 2.75) is 25.3 Å². The number of aromatic carboxylic acids is 1. The van der Waals surface area contributed by atoms with Gasteiger partial charge in [-0.25, -0.2) is 4.79 Å². The first kappa shape index (κ1) is 12.5. The van der Waals surface area contributed by atoms with Crippen LogP contribution in [-0.2, 0) is 0 Å². The van der Waals surface area contributed by atoms with Crippen molar-refractivity contribution < 1.29 is 9.90 Å². The minimum atomic E-state index is -0.849. The fraction of sp³-hybridized carbons (Fsp3) is 0.533. The van der Waals surface area contributed by atoms with Gasteiger partial charge in [0.05, 0.1) is 5.56 Å². The number of piperidine rings is 1. The fourth-order valence-electron chi connectivity index (χ4n) is 3.23. The van der Waals surface area contributed by atoms with Crippen LogP contribution < -0.4 is 4.90 Å². The number of benzene rings is 1. The third-order valence-corrected chi connectivity index (χ3v) is 4.30. The van der Waals surface area contributed by atoms with Crippen LogP contribution in [0.15, 0.2) is 24.3 Å². The Morgan fingerprint density at radius 3 is 2.95 bits per heavy atom. The number of hydrogen-bond acceptors (Lipinski definition) is 3. The Bertz CT molecular complexity index is 475. The molecule has 2 fully saturated rings. The van der Waals surface area contributed by atoms with Crippen molar-refractivity contribution in [3.8, 4) is 0 Å². The topological polar surface area (TPSA) is 43.8 Å². The smallest absolute Gasteiger partial charge is 0.335 e. The van der Waals surface area contributed by atoms with Gasteiger partial charge in [0.2, 0.25) is 0 Å². The summed E-state index contributed by atoms with van der Waals surface area (Å²) in [6.45, 7) is 4.36. The van der Waals surface area contributed by atoms with Gasteiger partial charge in [-0.3, -0.25) is 4.90 Å². The van der Waals surface area contributed by atoms with Crippen LogP contribution in [0.1, 0.15) is 29.6 Å². The molecule has 2 aliphatic heterocycles. The van der Waals surface area contributed by atoms with Crippen molar-refractivity contribution in [1.82, 2.24) is 4.90 Å². The molecule has 0 aliphatic carbocycles. The zero-order chi connectivity index (χ0) is 13.2. The Kier molecular flexibility index (Phi) is 3.42. The van der Waals surface area contributed by atoms with E-state index in [9.17, 15) is 4.79 Å². The molecule has 102 valence electrons. The van der Waals surface area contributed by atoms with E-state index in [0.717, 1.165) is 25.3 Å². The minimum absolute atomic E-state index is 0.378. The standard InChI is InChI=1S/C15H20N2O2/c18-15(19)12-4-3-6-13(10-12)17-9-8-16-7-2-1-5-14(16)11-17/h3-4,6,10,14H,1-2,5,7-9,11H2,(H,18,19). The maximum Gasteiger partial charge on any atom is 0.335 e. The zero-order valence-electron chi connectivity index (χ0n) is 11.1. The molecule has 2 aliphatic rings. The van der Waals surface area contributed by atoms with E-state index >= 15 is 0 Å². The van der Waals surface area contributed by atoms with Gasteiger partial charge in [0.15, 0.2) is 0 Å². The normalized spacial score (nSPS) is 24.0. The highest BCUT2D eigenvalue weighted by molar-refractivity contribution is 5.88. The van der Waals surface area contributed by atoms with Crippen molar-refractivity contribution in [2.75, 3.05) is 31.1 Å². The summed E-state index contributed by atoms with van der Waals surface area (Å²) in [5.74, 6) is -0.849. The number of piperazine rings is 1.